The molecule has 0 radical (unpaired) electrons. The summed E-state index contributed by atoms with van der Waals surface area (Å²) in [5, 5.41) is 2.61. The third kappa shape index (κ3) is 3.00. The molecule has 1 heterocycles. The van der Waals surface area contributed by atoms with Crippen LogP contribution in [0.15, 0.2) is 16.7 Å². The fraction of sp³-hybridized carbons (Fsp3) is 0.250. The van der Waals surface area contributed by atoms with Gasteiger partial charge in [0.05, 0.1) is 10.2 Å². The van der Waals surface area contributed by atoms with Gasteiger partial charge >= 0.3 is 0 Å². The van der Waals surface area contributed by atoms with Crippen molar-refractivity contribution in [2.45, 2.75) is 6.92 Å². The van der Waals surface area contributed by atoms with E-state index in [0.29, 0.717) is 5.82 Å². The minimum Gasteiger partial charge on any atom is -0.309 e. The van der Waals surface area contributed by atoms with Gasteiger partial charge in [-0.15, -0.1) is 0 Å². The Bertz CT molecular complexity index is 330. The summed E-state index contributed by atoms with van der Waals surface area (Å²) in [7, 11) is 0. The van der Waals surface area contributed by atoms with Crippen molar-refractivity contribution in [3.05, 3.63) is 22.3 Å². The zero-order valence-corrected chi connectivity index (χ0v) is 9.52. The van der Waals surface area contributed by atoms with Crippen molar-refractivity contribution in [2.75, 3.05) is 11.1 Å². The van der Waals surface area contributed by atoms with Gasteiger partial charge in [-0.1, -0.05) is 0 Å². The first kappa shape index (κ1) is 10.5. The summed E-state index contributed by atoms with van der Waals surface area (Å²) in [5.74, 6) is 0.521. The zero-order chi connectivity index (χ0) is 9.84. The van der Waals surface area contributed by atoms with Crippen molar-refractivity contribution in [3.63, 3.8) is 0 Å². The first-order valence-corrected chi connectivity index (χ1v) is 5.09. The highest BCUT2D eigenvalue weighted by Crippen LogP contribution is 2.20. The molecule has 0 saturated carbocycles. The highest BCUT2D eigenvalue weighted by molar-refractivity contribution is 9.10. The molecule has 0 bridgehead atoms. The lowest BCUT2D eigenvalue weighted by Crippen LogP contribution is -2.14. The second-order valence-corrected chi connectivity index (χ2v) is 3.72. The minimum absolute atomic E-state index is 0.155. The van der Waals surface area contributed by atoms with Gasteiger partial charge in [-0.25, -0.2) is 4.98 Å². The largest absolute Gasteiger partial charge is 0.309 e. The van der Waals surface area contributed by atoms with Gasteiger partial charge in [0, 0.05) is 6.20 Å². The van der Waals surface area contributed by atoms with E-state index in [1.807, 2.05) is 13.0 Å². The van der Waals surface area contributed by atoms with Gasteiger partial charge in [0.2, 0.25) is 5.91 Å². The number of nitrogens with one attached hydrogen (secondary N) is 1. The van der Waals surface area contributed by atoms with Crippen LogP contribution < -0.4 is 5.32 Å². The number of rotatable bonds is 2. The van der Waals surface area contributed by atoms with E-state index in [0.717, 1.165) is 10.0 Å². The number of thiol groups is 1. The predicted octanol–water partition coefficient (Wildman–Crippen LogP) is 2.02. The predicted molar refractivity (Wildman–Crippen MR) is 59.2 cm³/mol. The van der Waals surface area contributed by atoms with Crippen molar-refractivity contribution in [1.82, 2.24) is 4.98 Å². The van der Waals surface area contributed by atoms with Crippen LogP contribution in [0.3, 0.4) is 0 Å². The molecule has 0 saturated heterocycles. The number of carbonyl (C=O) groups excluding carboxylic acids is 1. The SMILES string of the molecule is Cc1cnc(NC(=O)CS)c(Br)c1. The lowest BCUT2D eigenvalue weighted by atomic mass is 10.3. The lowest BCUT2D eigenvalue weighted by Gasteiger charge is -2.04. The number of anilines is 1. The first-order valence-electron chi connectivity index (χ1n) is 3.66. The van der Waals surface area contributed by atoms with Crippen LogP contribution in [0.25, 0.3) is 0 Å². The number of aromatic nitrogens is 1. The fourth-order valence-corrected chi connectivity index (χ4v) is 1.44. The molecular formula is C8H9BrN2OS. The Hall–Kier alpha value is -0.550. The number of hydrogen-bond acceptors (Lipinski definition) is 3. The molecular weight excluding hydrogens is 252 g/mol. The molecule has 0 spiro atoms. The zero-order valence-electron chi connectivity index (χ0n) is 7.04. The van der Waals surface area contributed by atoms with E-state index in [1.54, 1.807) is 6.20 Å². The number of hydrogen-bond donors (Lipinski definition) is 2. The summed E-state index contributed by atoms with van der Waals surface area (Å²) in [5.41, 5.74) is 1.04. The van der Waals surface area contributed by atoms with E-state index in [1.165, 1.54) is 0 Å². The van der Waals surface area contributed by atoms with Crippen LogP contribution in [0.1, 0.15) is 5.56 Å². The van der Waals surface area contributed by atoms with E-state index >= 15 is 0 Å². The summed E-state index contributed by atoms with van der Waals surface area (Å²) < 4.78 is 0.780. The summed E-state index contributed by atoms with van der Waals surface area (Å²) in [6.45, 7) is 1.93. The molecule has 0 aromatic carbocycles. The standard InChI is InChI=1S/C8H9BrN2OS/c1-5-2-6(9)8(10-3-5)11-7(12)4-13/h2-3,13H,4H2,1H3,(H,10,11,12). The van der Waals surface area contributed by atoms with Crippen LogP contribution in [0.5, 0.6) is 0 Å². The maximum Gasteiger partial charge on any atom is 0.235 e. The molecule has 1 amide bonds. The lowest BCUT2D eigenvalue weighted by molar-refractivity contribution is -0.113. The van der Waals surface area contributed by atoms with E-state index in [9.17, 15) is 4.79 Å². The van der Waals surface area contributed by atoms with Crippen molar-refractivity contribution >= 4 is 40.3 Å². The topological polar surface area (TPSA) is 42.0 Å². The molecule has 1 aromatic heterocycles. The van der Waals surface area contributed by atoms with Crippen LogP contribution >= 0.6 is 28.6 Å². The Morgan fingerprint density at radius 2 is 2.46 bits per heavy atom. The number of carbonyl (C=O) groups is 1. The Balaban J connectivity index is 2.83. The van der Waals surface area contributed by atoms with Crippen LogP contribution in [0.2, 0.25) is 0 Å². The summed E-state index contributed by atoms with van der Waals surface area (Å²) in [6, 6.07) is 1.89. The molecule has 0 fully saturated rings. The first-order chi connectivity index (χ1) is 6.13. The molecule has 5 heteroatoms. The molecule has 0 aliphatic rings. The van der Waals surface area contributed by atoms with Gasteiger partial charge in [-0.05, 0) is 34.5 Å². The van der Waals surface area contributed by atoms with E-state index in [4.69, 9.17) is 0 Å². The van der Waals surface area contributed by atoms with E-state index in [2.05, 4.69) is 38.9 Å². The quantitative estimate of drug-likeness (QED) is 0.800. The molecule has 0 atom stereocenters. The smallest absolute Gasteiger partial charge is 0.235 e. The Kier molecular flexibility index (Phi) is 3.74. The molecule has 0 aliphatic heterocycles. The van der Waals surface area contributed by atoms with Gasteiger partial charge in [-0.3, -0.25) is 4.79 Å². The Morgan fingerprint density at radius 3 is 3.00 bits per heavy atom. The minimum atomic E-state index is -0.166. The van der Waals surface area contributed by atoms with Crippen LogP contribution in [-0.4, -0.2) is 16.6 Å². The molecule has 1 aromatic rings. The fourth-order valence-electron chi connectivity index (χ4n) is 0.797. The molecule has 1 N–H and O–H groups in total. The monoisotopic (exact) mass is 260 g/mol. The van der Waals surface area contributed by atoms with Gasteiger partial charge in [0.25, 0.3) is 0 Å². The third-order valence-corrected chi connectivity index (χ3v) is 2.27. The number of amides is 1. The third-order valence-electron chi connectivity index (χ3n) is 1.38. The highest BCUT2D eigenvalue weighted by Gasteiger charge is 2.04. The second-order valence-electron chi connectivity index (χ2n) is 2.55. The normalized spacial score (nSPS) is 9.77. The highest BCUT2D eigenvalue weighted by atomic mass is 79.9. The van der Waals surface area contributed by atoms with Crippen molar-refractivity contribution in [3.8, 4) is 0 Å². The molecule has 3 nitrogen and oxygen atoms in total. The van der Waals surface area contributed by atoms with Crippen LogP contribution in [-0.2, 0) is 4.79 Å². The number of nitrogens with zero attached hydrogens (tertiary/aromatic N) is 1. The average molecular weight is 261 g/mol. The molecule has 13 heavy (non-hydrogen) atoms. The van der Waals surface area contributed by atoms with Crippen molar-refractivity contribution in [2.24, 2.45) is 0 Å². The van der Waals surface area contributed by atoms with E-state index in [-0.39, 0.29) is 11.7 Å². The Morgan fingerprint density at radius 1 is 1.77 bits per heavy atom. The van der Waals surface area contributed by atoms with Crippen molar-refractivity contribution < 1.29 is 4.79 Å². The maximum atomic E-state index is 11.0. The number of aryl methyl sites for hydroxylation is 1. The molecule has 0 unspecified atom stereocenters. The second kappa shape index (κ2) is 4.62. The van der Waals surface area contributed by atoms with Gasteiger partial charge in [-0.2, -0.15) is 12.6 Å². The molecule has 0 aliphatic carbocycles. The van der Waals surface area contributed by atoms with Crippen molar-refractivity contribution in [1.29, 1.82) is 0 Å². The Labute approximate surface area is 90.5 Å². The summed E-state index contributed by atoms with van der Waals surface area (Å²) in [6.07, 6.45) is 1.69. The van der Waals surface area contributed by atoms with Crippen LogP contribution in [0.4, 0.5) is 5.82 Å². The van der Waals surface area contributed by atoms with E-state index < -0.39 is 0 Å². The van der Waals surface area contributed by atoms with Gasteiger partial charge in [0.1, 0.15) is 5.82 Å². The maximum absolute atomic E-state index is 11.0. The van der Waals surface area contributed by atoms with Gasteiger partial charge in [0.15, 0.2) is 0 Å². The molecule has 1 rings (SSSR count). The average Bonchev–Trinajstić information content (AvgIpc) is 2.09. The number of halogens is 1. The van der Waals surface area contributed by atoms with Crippen LogP contribution in [0, 0.1) is 6.92 Å². The number of pyridine rings is 1. The molecule has 70 valence electrons. The summed E-state index contributed by atoms with van der Waals surface area (Å²) in [4.78, 5) is 15.0. The summed E-state index contributed by atoms with van der Waals surface area (Å²) >= 11 is 7.15. The van der Waals surface area contributed by atoms with Gasteiger partial charge < -0.3 is 5.32 Å².